The summed E-state index contributed by atoms with van der Waals surface area (Å²) in [6.45, 7) is 0.623. The van der Waals surface area contributed by atoms with E-state index in [0.29, 0.717) is 6.54 Å². The molecule has 0 aliphatic carbocycles. The summed E-state index contributed by atoms with van der Waals surface area (Å²) in [5, 5.41) is 7.13. The predicted octanol–water partition coefficient (Wildman–Crippen LogP) is 1.46. The van der Waals surface area contributed by atoms with Gasteiger partial charge in [0, 0.05) is 12.6 Å². The Kier molecular flexibility index (Phi) is 2.60. The molecule has 0 bridgehead atoms. The molecule has 3 N–H and O–H groups in total. The molecule has 3 aromatic rings. The number of imidazole rings is 1. The normalized spacial score (nSPS) is 11.2. The standard InChI is InChI=1S/C13H15N5/c1-18-8-15-11-6-9(2-3-12(11)18)13-10(4-5-14)7-16-17-13/h2-3,6-8H,4-5,14H2,1H3,(H,16,17). The van der Waals surface area contributed by atoms with Crippen LogP contribution in [0.25, 0.3) is 22.3 Å². The molecule has 5 nitrogen and oxygen atoms in total. The number of nitrogens with two attached hydrogens (primary N) is 1. The summed E-state index contributed by atoms with van der Waals surface area (Å²) in [7, 11) is 1.99. The number of aryl methyl sites for hydroxylation is 1. The molecule has 0 saturated carbocycles. The van der Waals surface area contributed by atoms with Crippen LogP contribution in [0.2, 0.25) is 0 Å². The van der Waals surface area contributed by atoms with Gasteiger partial charge in [-0.3, -0.25) is 5.10 Å². The molecule has 92 valence electrons. The van der Waals surface area contributed by atoms with Crippen LogP contribution in [0.15, 0.2) is 30.7 Å². The van der Waals surface area contributed by atoms with Crippen LogP contribution in [0.5, 0.6) is 0 Å². The molecule has 1 aromatic carbocycles. The van der Waals surface area contributed by atoms with Gasteiger partial charge in [0.2, 0.25) is 0 Å². The molecule has 3 rings (SSSR count). The third-order valence-electron chi connectivity index (χ3n) is 3.15. The molecule has 0 spiro atoms. The number of benzene rings is 1. The number of H-pyrrole nitrogens is 1. The molecule has 0 saturated heterocycles. The van der Waals surface area contributed by atoms with Gasteiger partial charge in [0.1, 0.15) is 0 Å². The lowest BCUT2D eigenvalue weighted by Crippen LogP contribution is -2.02. The number of nitrogens with one attached hydrogen (secondary N) is 1. The number of aromatic nitrogens is 4. The van der Waals surface area contributed by atoms with Crippen molar-refractivity contribution in [2.75, 3.05) is 6.54 Å². The molecule has 0 aliphatic rings. The first kappa shape index (κ1) is 11.0. The fourth-order valence-corrected chi connectivity index (χ4v) is 2.20. The zero-order valence-corrected chi connectivity index (χ0v) is 10.2. The third-order valence-corrected chi connectivity index (χ3v) is 3.15. The van der Waals surface area contributed by atoms with Crippen molar-refractivity contribution < 1.29 is 0 Å². The zero-order chi connectivity index (χ0) is 12.5. The van der Waals surface area contributed by atoms with E-state index < -0.39 is 0 Å². The minimum Gasteiger partial charge on any atom is -0.334 e. The highest BCUT2D eigenvalue weighted by molar-refractivity contribution is 5.81. The molecular weight excluding hydrogens is 226 g/mol. The SMILES string of the molecule is Cn1cnc2cc(-c3[nH]ncc3CCN)ccc21. The van der Waals surface area contributed by atoms with Crippen LogP contribution in [-0.2, 0) is 13.5 Å². The number of nitrogens with zero attached hydrogens (tertiary/aromatic N) is 3. The molecule has 0 aliphatic heterocycles. The van der Waals surface area contributed by atoms with Crippen molar-refractivity contribution in [3.63, 3.8) is 0 Å². The second-order valence-corrected chi connectivity index (χ2v) is 4.37. The van der Waals surface area contributed by atoms with Gasteiger partial charge in [-0.1, -0.05) is 6.07 Å². The molecule has 18 heavy (non-hydrogen) atoms. The van der Waals surface area contributed by atoms with E-state index in [-0.39, 0.29) is 0 Å². The van der Waals surface area contributed by atoms with E-state index in [0.717, 1.165) is 34.3 Å². The fraction of sp³-hybridized carbons (Fsp3) is 0.231. The summed E-state index contributed by atoms with van der Waals surface area (Å²) < 4.78 is 2.01. The number of aromatic amines is 1. The Morgan fingerprint density at radius 2 is 2.28 bits per heavy atom. The second-order valence-electron chi connectivity index (χ2n) is 4.37. The van der Waals surface area contributed by atoms with Gasteiger partial charge in [-0.25, -0.2) is 4.98 Å². The van der Waals surface area contributed by atoms with Gasteiger partial charge in [0.25, 0.3) is 0 Å². The van der Waals surface area contributed by atoms with Crippen molar-refractivity contribution in [2.45, 2.75) is 6.42 Å². The first-order valence-electron chi connectivity index (χ1n) is 5.93. The van der Waals surface area contributed by atoms with Crippen LogP contribution in [0.3, 0.4) is 0 Å². The minimum absolute atomic E-state index is 0.623. The largest absolute Gasteiger partial charge is 0.334 e. The molecular formula is C13H15N5. The lowest BCUT2D eigenvalue weighted by molar-refractivity contribution is 0.947. The summed E-state index contributed by atoms with van der Waals surface area (Å²) in [6, 6.07) is 6.23. The Balaban J connectivity index is 2.10. The maximum atomic E-state index is 5.60. The summed E-state index contributed by atoms with van der Waals surface area (Å²) in [5.74, 6) is 0. The monoisotopic (exact) mass is 241 g/mol. The average molecular weight is 241 g/mol. The van der Waals surface area contributed by atoms with E-state index in [1.54, 1.807) is 0 Å². The maximum absolute atomic E-state index is 5.60. The highest BCUT2D eigenvalue weighted by Gasteiger charge is 2.09. The Morgan fingerprint density at radius 3 is 3.11 bits per heavy atom. The predicted molar refractivity (Wildman–Crippen MR) is 71.1 cm³/mol. The van der Waals surface area contributed by atoms with Gasteiger partial charge < -0.3 is 10.3 Å². The first-order chi connectivity index (χ1) is 8.79. The van der Waals surface area contributed by atoms with Crippen LogP contribution in [0.1, 0.15) is 5.56 Å². The van der Waals surface area contributed by atoms with Gasteiger partial charge >= 0.3 is 0 Å². The van der Waals surface area contributed by atoms with Crippen molar-refractivity contribution in [3.05, 3.63) is 36.3 Å². The van der Waals surface area contributed by atoms with Crippen molar-refractivity contribution in [1.82, 2.24) is 19.7 Å². The lowest BCUT2D eigenvalue weighted by Gasteiger charge is -2.02. The highest BCUT2D eigenvalue weighted by Crippen LogP contribution is 2.24. The van der Waals surface area contributed by atoms with Gasteiger partial charge in [-0.05, 0) is 30.7 Å². The first-order valence-corrected chi connectivity index (χ1v) is 5.93. The average Bonchev–Trinajstić information content (AvgIpc) is 2.97. The topological polar surface area (TPSA) is 72.5 Å². The molecule has 0 amide bonds. The van der Waals surface area contributed by atoms with E-state index in [1.165, 1.54) is 0 Å². The quantitative estimate of drug-likeness (QED) is 0.729. The van der Waals surface area contributed by atoms with Crippen LogP contribution in [0.4, 0.5) is 0 Å². The Hall–Kier alpha value is -2.14. The Bertz CT molecular complexity index is 680. The van der Waals surface area contributed by atoms with Crippen LogP contribution in [0, 0.1) is 0 Å². The van der Waals surface area contributed by atoms with Crippen LogP contribution in [-0.4, -0.2) is 26.3 Å². The zero-order valence-electron chi connectivity index (χ0n) is 10.2. The van der Waals surface area contributed by atoms with Crippen LogP contribution < -0.4 is 5.73 Å². The number of fused-ring (bicyclic) bond motifs is 1. The summed E-state index contributed by atoms with van der Waals surface area (Å²) in [5.41, 5.74) is 11.0. The van der Waals surface area contributed by atoms with Gasteiger partial charge in [-0.2, -0.15) is 5.10 Å². The molecule has 2 aromatic heterocycles. The highest BCUT2D eigenvalue weighted by atomic mass is 15.1. The van der Waals surface area contributed by atoms with Crippen LogP contribution >= 0.6 is 0 Å². The van der Waals surface area contributed by atoms with E-state index in [4.69, 9.17) is 5.73 Å². The molecule has 0 unspecified atom stereocenters. The van der Waals surface area contributed by atoms with E-state index in [1.807, 2.05) is 24.1 Å². The summed E-state index contributed by atoms with van der Waals surface area (Å²) in [6.07, 6.45) is 4.49. The minimum atomic E-state index is 0.623. The van der Waals surface area contributed by atoms with E-state index >= 15 is 0 Å². The number of hydrogen-bond donors (Lipinski definition) is 2. The number of hydrogen-bond acceptors (Lipinski definition) is 3. The van der Waals surface area contributed by atoms with Gasteiger partial charge in [0.15, 0.2) is 0 Å². The third kappa shape index (κ3) is 1.69. The molecule has 5 heteroatoms. The van der Waals surface area contributed by atoms with Crippen molar-refractivity contribution >= 4 is 11.0 Å². The van der Waals surface area contributed by atoms with E-state index in [2.05, 4.69) is 33.4 Å². The van der Waals surface area contributed by atoms with E-state index in [9.17, 15) is 0 Å². The second kappa shape index (κ2) is 4.27. The molecule has 0 radical (unpaired) electrons. The fourth-order valence-electron chi connectivity index (χ4n) is 2.20. The number of rotatable bonds is 3. The molecule has 0 atom stereocenters. The summed E-state index contributed by atoms with van der Waals surface area (Å²) >= 11 is 0. The molecule has 2 heterocycles. The van der Waals surface area contributed by atoms with Crippen molar-refractivity contribution in [3.8, 4) is 11.3 Å². The smallest absolute Gasteiger partial charge is 0.0955 e. The molecule has 0 fully saturated rings. The summed E-state index contributed by atoms with van der Waals surface area (Å²) in [4.78, 5) is 4.37. The van der Waals surface area contributed by atoms with Crippen molar-refractivity contribution in [2.24, 2.45) is 12.8 Å². The van der Waals surface area contributed by atoms with Gasteiger partial charge in [-0.15, -0.1) is 0 Å². The van der Waals surface area contributed by atoms with Gasteiger partial charge in [0.05, 0.1) is 29.3 Å². The lowest BCUT2D eigenvalue weighted by atomic mass is 10.1. The van der Waals surface area contributed by atoms with Crippen molar-refractivity contribution in [1.29, 1.82) is 0 Å². The Labute approximate surface area is 105 Å². The Morgan fingerprint density at radius 1 is 1.39 bits per heavy atom. The maximum Gasteiger partial charge on any atom is 0.0955 e.